The van der Waals surface area contributed by atoms with Crippen molar-refractivity contribution in [2.45, 2.75) is 57.9 Å². The van der Waals surface area contributed by atoms with Crippen molar-refractivity contribution < 1.29 is 0 Å². The molecule has 0 radical (unpaired) electrons. The van der Waals surface area contributed by atoms with Gasteiger partial charge in [0, 0.05) is 36.2 Å². The third-order valence-corrected chi connectivity index (χ3v) is 4.99. The summed E-state index contributed by atoms with van der Waals surface area (Å²) in [5.74, 6) is 1.30. The molecule has 3 unspecified atom stereocenters. The van der Waals surface area contributed by atoms with Crippen LogP contribution in [0.15, 0.2) is 0 Å². The lowest BCUT2D eigenvalue weighted by molar-refractivity contribution is 0.136. The lowest BCUT2D eigenvalue weighted by atomic mass is 10.1. The van der Waals surface area contributed by atoms with E-state index in [1.807, 2.05) is 0 Å². The molecule has 0 aromatic heterocycles. The van der Waals surface area contributed by atoms with Gasteiger partial charge in [0.1, 0.15) is 0 Å². The van der Waals surface area contributed by atoms with Crippen LogP contribution < -0.4 is 5.32 Å². The molecule has 1 N–H and O–H groups in total. The SMILES string of the molecule is CCCC(CNCC)N1CCSC(C)C1C. The van der Waals surface area contributed by atoms with Crippen LogP contribution in [-0.2, 0) is 0 Å². The third-order valence-electron chi connectivity index (χ3n) is 3.65. The summed E-state index contributed by atoms with van der Waals surface area (Å²) in [6.45, 7) is 12.8. The minimum Gasteiger partial charge on any atom is -0.315 e. The van der Waals surface area contributed by atoms with Crippen molar-refractivity contribution in [3.63, 3.8) is 0 Å². The fourth-order valence-electron chi connectivity index (χ4n) is 2.50. The maximum atomic E-state index is 3.52. The normalized spacial score (nSPS) is 29.2. The molecule has 1 aliphatic heterocycles. The maximum Gasteiger partial charge on any atom is 0.0224 e. The van der Waals surface area contributed by atoms with E-state index in [4.69, 9.17) is 0 Å². The fraction of sp³-hybridized carbons (Fsp3) is 1.00. The Morgan fingerprint density at radius 1 is 1.38 bits per heavy atom. The Labute approximate surface area is 106 Å². The van der Waals surface area contributed by atoms with Gasteiger partial charge in [0.2, 0.25) is 0 Å². The zero-order valence-electron chi connectivity index (χ0n) is 11.3. The predicted octanol–water partition coefficient (Wildman–Crippen LogP) is 2.59. The molecule has 2 nitrogen and oxygen atoms in total. The smallest absolute Gasteiger partial charge is 0.0224 e. The number of thioether (sulfide) groups is 1. The highest BCUT2D eigenvalue weighted by Gasteiger charge is 2.29. The third kappa shape index (κ3) is 3.94. The summed E-state index contributed by atoms with van der Waals surface area (Å²) in [7, 11) is 0. The fourth-order valence-corrected chi connectivity index (χ4v) is 3.62. The van der Waals surface area contributed by atoms with Gasteiger partial charge in [0.05, 0.1) is 0 Å². The number of nitrogens with zero attached hydrogens (tertiary/aromatic N) is 1. The van der Waals surface area contributed by atoms with Crippen LogP contribution in [0.5, 0.6) is 0 Å². The molecule has 1 rings (SSSR count). The van der Waals surface area contributed by atoms with Crippen LogP contribution in [0.25, 0.3) is 0 Å². The van der Waals surface area contributed by atoms with Crippen molar-refractivity contribution in [2.75, 3.05) is 25.4 Å². The number of hydrogen-bond donors (Lipinski definition) is 1. The Morgan fingerprint density at radius 3 is 2.75 bits per heavy atom. The van der Waals surface area contributed by atoms with Crippen molar-refractivity contribution in [3.8, 4) is 0 Å². The predicted molar refractivity (Wildman–Crippen MR) is 75.3 cm³/mol. The van der Waals surface area contributed by atoms with Crippen molar-refractivity contribution in [2.24, 2.45) is 0 Å². The topological polar surface area (TPSA) is 15.3 Å². The Kier molecular flexibility index (Phi) is 6.78. The lowest BCUT2D eigenvalue weighted by Crippen LogP contribution is -2.53. The molecule has 1 fully saturated rings. The van der Waals surface area contributed by atoms with E-state index in [1.165, 1.54) is 25.1 Å². The highest BCUT2D eigenvalue weighted by molar-refractivity contribution is 8.00. The summed E-state index contributed by atoms with van der Waals surface area (Å²) in [6, 6.07) is 1.47. The summed E-state index contributed by atoms with van der Waals surface area (Å²) in [5, 5.41) is 4.30. The molecule has 1 heterocycles. The molecule has 0 aromatic carbocycles. The van der Waals surface area contributed by atoms with E-state index >= 15 is 0 Å². The van der Waals surface area contributed by atoms with Gasteiger partial charge in [0.25, 0.3) is 0 Å². The second-order valence-corrected chi connectivity index (χ2v) is 6.29. The van der Waals surface area contributed by atoms with E-state index < -0.39 is 0 Å². The van der Waals surface area contributed by atoms with E-state index in [0.717, 1.165) is 30.4 Å². The monoisotopic (exact) mass is 244 g/mol. The maximum absolute atomic E-state index is 3.52. The molecule has 0 spiro atoms. The summed E-state index contributed by atoms with van der Waals surface area (Å²) < 4.78 is 0. The zero-order valence-corrected chi connectivity index (χ0v) is 12.1. The molecular formula is C13H28N2S. The van der Waals surface area contributed by atoms with E-state index in [2.05, 4.69) is 49.7 Å². The average molecular weight is 244 g/mol. The summed E-state index contributed by atoms with van der Waals surface area (Å²) in [5.41, 5.74) is 0. The number of hydrogen-bond acceptors (Lipinski definition) is 3. The van der Waals surface area contributed by atoms with Crippen molar-refractivity contribution in [3.05, 3.63) is 0 Å². The first-order valence-electron chi connectivity index (χ1n) is 6.78. The summed E-state index contributed by atoms with van der Waals surface area (Å²) in [6.07, 6.45) is 2.62. The number of likely N-dealkylation sites (N-methyl/N-ethyl adjacent to an activating group) is 1. The van der Waals surface area contributed by atoms with Gasteiger partial charge in [0.15, 0.2) is 0 Å². The summed E-state index contributed by atoms with van der Waals surface area (Å²) in [4.78, 5) is 2.73. The van der Waals surface area contributed by atoms with Gasteiger partial charge in [-0.05, 0) is 19.9 Å². The van der Waals surface area contributed by atoms with Gasteiger partial charge in [-0.2, -0.15) is 11.8 Å². The van der Waals surface area contributed by atoms with Crippen LogP contribution in [0.4, 0.5) is 0 Å². The van der Waals surface area contributed by atoms with Gasteiger partial charge in [-0.3, -0.25) is 4.90 Å². The van der Waals surface area contributed by atoms with Crippen LogP contribution in [0.2, 0.25) is 0 Å². The van der Waals surface area contributed by atoms with Gasteiger partial charge >= 0.3 is 0 Å². The Balaban J connectivity index is 2.53. The van der Waals surface area contributed by atoms with Crippen LogP contribution in [-0.4, -0.2) is 47.6 Å². The Bertz CT molecular complexity index is 187. The van der Waals surface area contributed by atoms with Crippen LogP contribution in [0.3, 0.4) is 0 Å². The standard InChI is InChI=1S/C13H28N2S/c1-5-7-13(10-14-6-2)15-8-9-16-12(4)11(15)3/h11-14H,5-10H2,1-4H3. The van der Waals surface area contributed by atoms with Crippen LogP contribution in [0.1, 0.15) is 40.5 Å². The van der Waals surface area contributed by atoms with Crippen molar-refractivity contribution in [1.82, 2.24) is 10.2 Å². The van der Waals surface area contributed by atoms with Gasteiger partial charge in [-0.15, -0.1) is 0 Å². The number of nitrogens with one attached hydrogen (secondary N) is 1. The minimum absolute atomic E-state index is 0.731. The zero-order chi connectivity index (χ0) is 12.0. The van der Waals surface area contributed by atoms with E-state index in [0.29, 0.717) is 0 Å². The van der Waals surface area contributed by atoms with Crippen molar-refractivity contribution in [1.29, 1.82) is 0 Å². The van der Waals surface area contributed by atoms with Gasteiger partial charge in [-0.25, -0.2) is 0 Å². The molecule has 0 bridgehead atoms. The van der Waals surface area contributed by atoms with E-state index in [9.17, 15) is 0 Å². The van der Waals surface area contributed by atoms with Crippen molar-refractivity contribution >= 4 is 11.8 Å². The molecule has 3 atom stereocenters. The second-order valence-electron chi connectivity index (χ2n) is 4.80. The highest BCUT2D eigenvalue weighted by atomic mass is 32.2. The molecule has 96 valence electrons. The quantitative estimate of drug-likeness (QED) is 0.773. The van der Waals surface area contributed by atoms with Gasteiger partial charge in [-0.1, -0.05) is 27.2 Å². The molecule has 1 aliphatic rings. The first-order valence-corrected chi connectivity index (χ1v) is 7.83. The Hall–Kier alpha value is 0.270. The first kappa shape index (κ1) is 14.3. The summed E-state index contributed by atoms with van der Waals surface area (Å²) >= 11 is 2.13. The minimum atomic E-state index is 0.731. The van der Waals surface area contributed by atoms with Crippen LogP contribution in [0, 0.1) is 0 Å². The molecule has 0 aliphatic carbocycles. The average Bonchev–Trinajstić information content (AvgIpc) is 2.28. The lowest BCUT2D eigenvalue weighted by Gasteiger charge is -2.42. The molecule has 0 aromatic rings. The van der Waals surface area contributed by atoms with E-state index in [-0.39, 0.29) is 0 Å². The first-order chi connectivity index (χ1) is 7.70. The molecule has 16 heavy (non-hydrogen) atoms. The molecule has 3 heteroatoms. The molecule has 0 amide bonds. The largest absolute Gasteiger partial charge is 0.315 e. The number of rotatable bonds is 6. The van der Waals surface area contributed by atoms with E-state index in [1.54, 1.807) is 0 Å². The van der Waals surface area contributed by atoms with Gasteiger partial charge < -0.3 is 5.32 Å². The molecule has 0 saturated carbocycles. The second kappa shape index (κ2) is 7.57. The molecular weight excluding hydrogens is 216 g/mol. The molecule has 1 saturated heterocycles. The Morgan fingerprint density at radius 2 is 2.12 bits per heavy atom. The van der Waals surface area contributed by atoms with Crippen LogP contribution >= 0.6 is 11.8 Å². The highest BCUT2D eigenvalue weighted by Crippen LogP contribution is 2.26.